The molecule has 86 valence electrons. The zero-order chi connectivity index (χ0) is 10.6. The second-order valence-electron chi connectivity index (χ2n) is 3.33. The number of nitrogens with two attached hydrogens (primary N) is 1. The Kier molecular flexibility index (Phi) is 6.98. The SMILES string of the molecule is CCC(N)Cc1cc(Br)ccc1OC.Cl. The summed E-state index contributed by atoms with van der Waals surface area (Å²) in [5, 5.41) is 0. The Labute approximate surface area is 106 Å². The van der Waals surface area contributed by atoms with Crippen LogP contribution >= 0.6 is 28.3 Å². The average molecular weight is 295 g/mol. The van der Waals surface area contributed by atoms with Crippen LogP contribution in [0.1, 0.15) is 18.9 Å². The van der Waals surface area contributed by atoms with Crippen molar-refractivity contribution in [1.82, 2.24) is 0 Å². The van der Waals surface area contributed by atoms with Crippen molar-refractivity contribution in [1.29, 1.82) is 0 Å². The molecule has 1 aromatic rings. The summed E-state index contributed by atoms with van der Waals surface area (Å²) in [5.74, 6) is 0.914. The summed E-state index contributed by atoms with van der Waals surface area (Å²) in [7, 11) is 1.68. The fourth-order valence-electron chi connectivity index (χ4n) is 1.33. The highest BCUT2D eigenvalue weighted by atomic mass is 79.9. The Hall–Kier alpha value is -0.250. The lowest BCUT2D eigenvalue weighted by molar-refractivity contribution is 0.407. The first-order valence-corrected chi connectivity index (χ1v) is 5.54. The maximum absolute atomic E-state index is 5.91. The smallest absolute Gasteiger partial charge is 0.122 e. The molecule has 0 radical (unpaired) electrons. The van der Waals surface area contributed by atoms with Gasteiger partial charge < -0.3 is 10.5 Å². The van der Waals surface area contributed by atoms with Crippen molar-refractivity contribution in [2.24, 2.45) is 5.73 Å². The Balaban J connectivity index is 0.00000196. The summed E-state index contributed by atoms with van der Waals surface area (Å²) in [5.41, 5.74) is 7.07. The first kappa shape index (κ1) is 14.8. The number of ether oxygens (including phenoxy) is 1. The van der Waals surface area contributed by atoms with Gasteiger partial charge in [0.25, 0.3) is 0 Å². The fourth-order valence-corrected chi connectivity index (χ4v) is 1.74. The lowest BCUT2D eigenvalue weighted by atomic mass is 10.0. The third-order valence-corrected chi connectivity index (χ3v) is 2.74. The first-order chi connectivity index (χ1) is 6.67. The van der Waals surface area contributed by atoms with Crippen LogP contribution in [-0.2, 0) is 6.42 Å². The summed E-state index contributed by atoms with van der Waals surface area (Å²) in [4.78, 5) is 0. The highest BCUT2D eigenvalue weighted by Crippen LogP contribution is 2.24. The van der Waals surface area contributed by atoms with Crippen molar-refractivity contribution in [2.45, 2.75) is 25.8 Å². The highest BCUT2D eigenvalue weighted by Gasteiger charge is 2.07. The van der Waals surface area contributed by atoms with Gasteiger partial charge in [0.2, 0.25) is 0 Å². The highest BCUT2D eigenvalue weighted by molar-refractivity contribution is 9.10. The minimum Gasteiger partial charge on any atom is -0.496 e. The van der Waals surface area contributed by atoms with E-state index in [0.717, 1.165) is 28.6 Å². The van der Waals surface area contributed by atoms with Crippen molar-refractivity contribution in [2.75, 3.05) is 7.11 Å². The Morgan fingerprint density at radius 3 is 2.67 bits per heavy atom. The minimum absolute atomic E-state index is 0. The number of halogens is 2. The molecule has 15 heavy (non-hydrogen) atoms. The number of benzene rings is 1. The minimum atomic E-state index is 0. The van der Waals surface area contributed by atoms with Gasteiger partial charge in [0.1, 0.15) is 5.75 Å². The second kappa shape index (κ2) is 7.09. The van der Waals surface area contributed by atoms with Crippen LogP contribution in [0, 0.1) is 0 Å². The third kappa shape index (κ3) is 4.41. The maximum atomic E-state index is 5.91. The molecule has 0 fully saturated rings. The Bertz CT molecular complexity index is 307. The van der Waals surface area contributed by atoms with Crippen molar-refractivity contribution < 1.29 is 4.74 Å². The van der Waals surface area contributed by atoms with E-state index >= 15 is 0 Å². The van der Waals surface area contributed by atoms with Gasteiger partial charge in [-0.15, -0.1) is 12.4 Å². The molecule has 4 heteroatoms. The Morgan fingerprint density at radius 2 is 2.13 bits per heavy atom. The van der Waals surface area contributed by atoms with Gasteiger partial charge in [0.15, 0.2) is 0 Å². The quantitative estimate of drug-likeness (QED) is 0.926. The zero-order valence-electron chi connectivity index (χ0n) is 9.00. The van der Waals surface area contributed by atoms with Gasteiger partial charge in [-0.05, 0) is 36.6 Å². The number of hydrogen-bond donors (Lipinski definition) is 1. The van der Waals surface area contributed by atoms with E-state index < -0.39 is 0 Å². The predicted octanol–water partition coefficient (Wildman–Crippen LogP) is 3.16. The lowest BCUT2D eigenvalue weighted by Gasteiger charge is -2.12. The predicted molar refractivity (Wildman–Crippen MR) is 69.9 cm³/mol. The number of rotatable bonds is 4. The van der Waals surface area contributed by atoms with Crippen molar-refractivity contribution in [3.8, 4) is 5.75 Å². The molecule has 1 aromatic carbocycles. The molecule has 0 amide bonds. The molecule has 0 aliphatic rings. The van der Waals surface area contributed by atoms with Crippen molar-refractivity contribution >= 4 is 28.3 Å². The van der Waals surface area contributed by atoms with Crippen LogP contribution in [0.2, 0.25) is 0 Å². The van der Waals surface area contributed by atoms with Crippen LogP contribution in [0.25, 0.3) is 0 Å². The summed E-state index contributed by atoms with van der Waals surface area (Å²) >= 11 is 3.44. The molecule has 1 unspecified atom stereocenters. The molecule has 0 heterocycles. The monoisotopic (exact) mass is 293 g/mol. The molecule has 2 N–H and O–H groups in total. The van der Waals surface area contributed by atoms with Crippen LogP contribution < -0.4 is 10.5 Å². The summed E-state index contributed by atoms with van der Waals surface area (Å²) in [6.45, 7) is 2.09. The molecule has 2 nitrogen and oxygen atoms in total. The van der Waals surface area contributed by atoms with Crippen LogP contribution in [0.15, 0.2) is 22.7 Å². The number of methoxy groups -OCH3 is 1. The van der Waals surface area contributed by atoms with E-state index in [-0.39, 0.29) is 18.4 Å². The van der Waals surface area contributed by atoms with Crippen LogP contribution in [0.5, 0.6) is 5.75 Å². The van der Waals surface area contributed by atoms with E-state index in [4.69, 9.17) is 10.5 Å². The fraction of sp³-hybridized carbons (Fsp3) is 0.455. The van der Waals surface area contributed by atoms with Crippen LogP contribution in [0.4, 0.5) is 0 Å². The topological polar surface area (TPSA) is 35.2 Å². The molecule has 1 rings (SSSR count). The van der Waals surface area contributed by atoms with E-state index in [1.165, 1.54) is 0 Å². The molecule has 0 aromatic heterocycles. The molecule has 0 bridgehead atoms. The van der Waals surface area contributed by atoms with Gasteiger partial charge in [-0.25, -0.2) is 0 Å². The normalized spacial score (nSPS) is 11.7. The molecular formula is C11H17BrClNO. The standard InChI is InChI=1S/C11H16BrNO.ClH/c1-3-10(13)7-8-6-9(12)4-5-11(8)14-2;/h4-6,10H,3,7,13H2,1-2H3;1H. The molecular weight excluding hydrogens is 277 g/mol. The van der Waals surface area contributed by atoms with Gasteiger partial charge >= 0.3 is 0 Å². The third-order valence-electron chi connectivity index (χ3n) is 2.25. The second-order valence-corrected chi connectivity index (χ2v) is 4.24. The maximum Gasteiger partial charge on any atom is 0.122 e. The van der Waals surface area contributed by atoms with Gasteiger partial charge in [0, 0.05) is 10.5 Å². The molecule has 0 saturated carbocycles. The van der Waals surface area contributed by atoms with E-state index in [2.05, 4.69) is 28.9 Å². The molecule has 0 aliphatic carbocycles. The molecule has 0 saturated heterocycles. The van der Waals surface area contributed by atoms with Crippen LogP contribution in [-0.4, -0.2) is 13.2 Å². The van der Waals surface area contributed by atoms with E-state index in [1.807, 2.05) is 12.1 Å². The van der Waals surface area contributed by atoms with Crippen molar-refractivity contribution in [3.63, 3.8) is 0 Å². The van der Waals surface area contributed by atoms with E-state index in [1.54, 1.807) is 7.11 Å². The lowest BCUT2D eigenvalue weighted by Crippen LogP contribution is -2.21. The molecule has 1 atom stereocenters. The average Bonchev–Trinajstić information content (AvgIpc) is 2.18. The molecule has 0 spiro atoms. The summed E-state index contributed by atoms with van der Waals surface area (Å²) in [6.07, 6.45) is 1.84. The number of hydrogen-bond acceptors (Lipinski definition) is 2. The van der Waals surface area contributed by atoms with E-state index in [0.29, 0.717) is 0 Å². The summed E-state index contributed by atoms with van der Waals surface area (Å²) in [6, 6.07) is 6.20. The Morgan fingerprint density at radius 1 is 1.47 bits per heavy atom. The molecule has 0 aliphatic heterocycles. The van der Waals surface area contributed by atoms with Gasteiger partial charge in [0.05, 0.1) is 7.11 Å². The van der Waals surface area contributed by atoms with Crippen LogP contribution in [0.3, 0.4) is 0 Å². The van der Waals surface area contributed by atoms with Crippen molar-refractivity contribution in [3.05, 3.63) is 28.2 Å². The van der Waals surface area contributed by atoms with E-state index in [9.17, 15) is 0 Å². The zero-order valence-corrected chi connectivity index (χ0v) is 11.4. The largest absolute Gasteiger partial charge is 0.496 e. The van der Waals surface area contributed by atoms with Gasteiger partial charge in [-0.3, -0.25) is 0 Å². The van der Waals surface area contributed by atoms with Gasteiger partial charge in [-0.2, -0.15) is 0 Å². The first-order valence-electron chi connectivity index (χ1n) is 4.75. The van der Waals surface area contributed by atoms with Gasteiger partial charge in [-0.1, -0.05) is 22.9 Å². The summed E-state index contributed by atoms with van der Waals surface area (Å²) < 4.78 is 6.34.